The topological polar surface area (TPSA) is 72.9 Å². The molecule has 0 spiro atoms. The summed E-state index contributed by atoms with van der Waals surface area (Å²) in [6, 6.07) is 0. The molecular formula is C11H18N4OS. The Hall–Kier alpha value is -1.43. The molecular weight excluding hydrogens is 236 g/mol. The highest BCUT2D eigenvalue weighted by molar-refractivity contribution is 7.80. The van der Waals surface area contributed by atoms with Gasteiger partial charge in [0.1, 0.15) is 0 Å². The summed E-state index contributed by atoms with van der Waals surface area (Å²) in [7, 11) is 1.82. The van der Waals surface area contributed by atoms with Crippen LogP contribution in [0.5, 0.6) is 0 Å². The molecule has 94 valence electrons. The van der Waals surface area contributed by atoms with Crippen LogP contribution in [0.15, 0.2) is 0 Å². The lowest BCUT2D eigenvalue weighted by Gasteiger charge is -2.11. The molecule has 5 nitrogen and oxygen atoms in total. The van der Waals surface area contributed by atoms with Crippen molar-refractivity contribution in [3.8, 4) is 0 Å². The van der Waals surface area contributed by atoms with E-state index in [4.69, 9.17) is 18.0 Å². The Morgan fingerprint density at radius 1 is 1.59 bits per heavy atom. The van der Waals surface area contributed by atoms with Crippen molar-refractivity contribution in [1.29, 1.82) is 0 Å². The first-order valence-electron chi connectivity index (χ1n) is 5.42. The summed E-state index contributed by atoms with van der Waals surface area (Å²) in [5, 5.41) is 7.01. The largest absolute Gasteiger partial charge is 0.393 e. The van der Waals surface area contributed by atoms with E-state index in [1.165, 1.54) is 0 Å². The first-order chi connectivity index (χ1) is 7.84. The van der Waals surface area contributed by atoms with E-state index in [1.54, 1.807) is 4.68 Å². The zero-order valence-electron chi connectivity index (χ0n) is 10.6. The van der Waals surface area contributed by atoms with Gasteiger partial charge in [-0.25, -0.2) is 0 Å². The normalized spacial score (nSPS) is 12.2. The van der Waals surface area contributed by atoms with Crippen LogP contribution in [0, 0.1) is 19.8 Å². The van der Waals surface area contributed by atoms with Crippen molar-refractivity contribution >= 4 is 23.1 Å². The Bertz CT molecular complexity index is 453. The van der Waals surface area contributed by atoms with Crippen LogP contribution in [0.25, 0.3) is 0 Å². The number of carbonyl (C=O) groups is 1. The Morgan fingerprint density at radius 2 is 2.18 bits per heavy atom. The molecule has 0 aliphatic rings. The van der Waals surface area contributed by atoms with E-state index < -0.39 is 0 Å². The first kappa shape index (κ1) is 13.6. The van der Waals surface area contributed by atoms with Crippen molar-refractivity contribution in [2.45, 2.75) is 20.8 Å². The summed E-state index contributed by atoms with van der Waals surface area (Å²) in [6.45, 7) is 6.01. The molecule has 3 N–H and O–H groups in total. The molecule has 0 fully saturated rings. The maximum Gasteiger partial charge on any atom is 0.255 e. The summed E-state index contributed by atoms with van der Waals surface area (Å²) in [5.41, 5.74) is 7.69. The molecule has 6 heteroatoms. The van der Waals surface area contributed by atoms with Gasteiger partial charge in [-0.3, -0.25) is 9.48 Å². The number of amides is 1. The third-order valence-corrected chi connectivity index (χ3v) is 3.19. The second-order valence-corrected chi connectivity index (χ2v) is 4.65. The van der Waals surface area contributed by atoms with E-state index in [9.17, 15) is 4.79 Å². The second-order valence-electron chi connectivity index (χ2n) is 4.18. The lowest BCUT2D eigenvalue weighted by Crippen LogP contribution is -2.34. The monoisotopic (exact) mass is 254 g/mol. The molecule has 1 heterocycles. The van der Waals surface area contributed by atoms with Crippen LogP contribution < -0.4 is 11.1 Å². The van der Waals surface area contributed by atoms with Gasteiger partial charge in [-0.15, -0.1) is 0 Å². The van der Waals surface area contributed by atoms with Crippen molar-refractivity contribution in [2.24, 2.45) is 18.7 Å². The fourth-order valence-corrected chi connectivity index (χ4v) is 1.62. The van der Waals surface area contributed by atoms with Crippen LogP contribution in [-0.2, 0) is 7.05 Å². The van der Waals surface area contributed by atoms with Gasteiger partial charge >= 0.3 is 0 Å². The zero-order chi connectivity index (χ0) is 13.2. The molecule has 1 aromatic heterocycles. The smallest absolute Gasteiger partial charge is 0.255 e. The van der Waals surface area contributed by atoms with E-state index >= 15 is 0 Å². The van der Waals surface area contributed by atoms with Crippen LogP contribution in [-0.4, -0.2) is 27.2 Å². The van der Waals surface area contributed by atoms with Crippen LogP contribution in [0.1, 0.15) is 28.7 Å². The number of aromatic nitrogens is 2. The zero-order valence-corrected chi connectivity index (χ0v) is 11.4. The number of rotatable bonds is 4. The number of nitrogens with two attached hydrogens (primary N) is 1. The predicted octanol–water partition coefficient (Wildman–Crippen LogP) is 0.689. The lowest BCUT2D eigenvalue weighted by molar-refractivity contribution is 0.0950. The maximum absolute atomic E-state index is 12.0. The third-order valence-electron chi connectivity index (χ3n) is 2.79. The SMILES string of the molecule is Cc1nn(C)c(C)c1C(=O)NCC(C)C(N)=S. The average Bonchev–Trinajstić information content (AvgIpc) is 2.49. The highest BCUT2D eigenvalue weighted by atomic mass is 32.1. The molecule has 0 aromatic carbocycles. The Labute approximate surface area is 106 Å². The third kappa shape index (κ3) is 3.03. The maximum atomic E-state index is 12.0. The van der Waals surface area contributed by atoms with Gasteiger partial charge in [0.05, 0.1) is 16.2 Å². The Balaban J connectivity index is 2.74. The fourth-order valence-electron chi connectivity index (χ4n) is 1.54. The van der Waals surface area contributed by atoms with E-state index in [2.05, 4.69) is 10.4 Å². The number of hydrogen-bond donors (Lipinski definition) is 2. The highest BCUT2D eigenvalue weighted by Gasteiger charge is 2.17. The van der Waals surface area contributed by atoms with Gasteiger partial charge in [0.2, 0.25) is 0 Å². The minimum atomic E-state index is -0.129. The van der Waals surface area contributed by atoms with Gasteiger partial charge < -0.3 is 11.1 Å². The number of nitrogens with one attached hydrogen (secondary N) is 1. The standard InChI is InChI=1S/C11H18N4OS/c1-6(10(12)17)5-13-11(16)9-7(2)14-15(4)8(9)3/h6H,5H2,1-4H3,(H2,12,17)(H,13,16). The molecule has 1 rings (SSSR count). The van der Waals surface area contributed by atoms with Crippen LogP contribution in [0.4, 0.5) is 0 Å². The van der Waals surface area contributed by atoms with Crippen molar-refractivity contribution < 1.29 is 4.79 Å². The number of aryl methyl sites for hydroxylation is 2. The minimum Gasteiger partial charge on any atom is -0.393 e. The highest BCUT2D eigenvalue weighted by Crippen LogP contribution is 2.11. The average molecular weight is 254 g/mol. The second kappa shape index (κ2) is 5.27. The van der Waals surface area contributed by atoms with E-state index in [1.807, 2.05) is 27.8 Å². The summed E-state index contributed by atoms with van der Waals surface area (Å²) >= 11 is 4.85. The van der Waals surface area contributed by atoms with Crippen molar-refractivity contribution in [3.05, 3.63) is 17.0 Å². The van der Waals surface area contributed by atoms with Gasteiger partial charge in [-0.2, -0.15) is 5.10 Å². The molecule has 0 bridgehead atoms. The molecule has 17 heavy (non-hydrogen) atoms. The first-order valence-corrected chi connectivity index (χ1v) is 5.83. The van der Waals surface area contributed by atoms with E-state index in [0.717, 1.165) is 11.4 Å². The van der Waals surface area contributed by atoms with Crippen LogP contribution in [0.3, 0.4) is 0 Å². The summed E-state index contributed by atoms with van der Waals surface area (Å²) < 4.78 is 1.70. The summed E-state index contributed by atoms with van der Waals surface area (Å²) in [6.07, 6.45) is 0. The molecule has 1 atom stereocenters. The van der Waals surface area contributed by atoms with Crippen molar-refractivity contribution in [2.75, 3.05) is 6.54 Å². The van der Waals surface area contributed by atoms with Crippen molar-refractivity contribution in [1.82, 2.24) is 15.1 Å². The number of carbonyl (C=O) groups excluding carboxylic acids is 1. The molecule has 1 amide bonds. The quantitative estimate of drug-likeness (QED) is 0.775. The summed E-state index contributed by atoms with van der Waals surface area (Å²) in [4.78, 5) is 12.4. The number of nitrogens with zero attached hydrogens (tertiary/aromatic N) is 2. The molecule has 0 aliphatic carbocycles. The van der Waals surface area contributed by atoms with E-state index in [-0.39, 0.29) is 11.8 Å². The van der Waals surface area contributed by atoms with Gasteiger partial charge in [0, 0.05) is 25.2 Å². The van der Waals surface area contributed by atoms with Crippen LogP contribution in [0.2, 0.25) is 0 Å². The Kier molecular flexibility index (Phi) is 4.22. The fraction of sp³-hybridized carbons (Fsp3) is 0.545. The van der Waals surface area contributed by atoms with Gasteiger partial charge in [0.25, 0.3) is 5.91 Å². The molecule has 1 aromatic rings. The number of hydrogen-bond acceptors (Lipinski definition) is 3. The van der Waals surface area contributed by atoms with Gasteiger partial charge in [-0.05, 0) is 13.8 Å². The van der Waals surface area contributed by atoms with Crippen molar-refractivity contribution in [3.63, 3.8) is 0 Å². The lowest BCUT2D eigenvalue weighted by atomic mass is 10.1. The minimum absolute atomic E-state index is 0.00812. The Morgan fingerprint density at radius 3 is 2.59 bits per heavy atom. The predicted molar refractivity (Wildman–Crippen MR) is 71.0 cm³/mol. The molecule has 0 aliphatic heterocycles. The van der Waals surface area contributed by atoms with Gasteiger partial charge in [0.15, 0.2) is 0 Å². The molecule has 1 unspecified atom stereocenters. The molecule has 0 radical (unpaired) electrons. The molecule has 0 saturated heterocycles. The molecule has 0 saturated carbocycles. The van der Waals surface area contributed by atoms with Gasteiger partial charge in [-0.1, -0.05) is 19.1 Å². The number of thiocarbonyl (C=S) groups is 1. The van der Waals surface area contributed by atoms with E-state index in [0.29, 0.717) is 17.1 Å². The van der Waals surface area contributed by atoms with Crippen LogP contribution >= 0.6 is 12.2 Å². The summed E-state index contributed by atoms with van der Waals surface area (Å²) in [5.74, 6) is -0.137.